The van der Waals surface area contributed by atoms with Gasteiger partial charge in [0, 0.05) is 11.8 Å². The molecule has 0 amide bonds. The number of nitrogen functional groups attached to an aromatic ring is 1. The molecule has 1 rings (SSSR count). The molecule has 0 aliphatic carbocycles. The average Bonchev–Trinajstić information content (AvgIpc) is 2.59. The van der Waals surface area contributed by atoms with Gasteiger partial charge in [-0.3, -0.25) is 0 Å². The van der Waals surface area contributed by atoms with Gasteiger partial charge in [0.1, 0.15) is 5.82 Å². The third kappa shape index (κ3) is 2.65. The van der Waals surface area contributed by atoms with Crippen molar-refractivity contribution in [2.45, 2.75) is 18.7 Å². The smallest absolute Gasteiger partial charge is 0.360 e. The van der Waals surface area contributed by atoms with E-state index in [9.17, 15) is 4.79 Å². The topological polar surface area (TPSA) is 70.1 Å². The second kappa shape index (κ2) is 5.06. The number of rotatable bonds is 4. The maximum absolute atomic E-state index is 11.2. The molecule has 0 saturated heterocycles. The zero-order chi connectivity index (χ0) is 11.4. The predicted octanol–water partition coefficient (Wildman–Crippen LogP) is 1.00. The fourth-order valence-electron chi connectivity index (χ4n) is 1.14. The zero-order valence-electron chi connectivity index (χ0n) is 9.06. The monoisotopic (exact) mass is 229 g/mol. The molecule has 0 saturated carbocycles. The van der Waals surface area contributed by atoms with Crippen LogP contribution in [0, 0.1) is 0 Å². The lowest BCUT2D eigenvalue weighted by molar-refractivity contribution is 0.0596. The third-order valence-electron chi connectivity index (χ3n) is 2.11. The van der Waals surface area contributed by atoms with Gasteiger partial charge < -0.3 is 15.0 Å². The van der Waals surface area contributed by atoms with Gasteiger partial charge in [-0.05, 0) is 6.26 Å². The standard InChI is InChI=1S/C9H15N3O2S/c1-6(15-3)4-12-5-11-7(8(12)10)9(13)14-2/h5-6H,4,10H2,1-3H3. The third-order valence-corrected chi connectivity index (χ3v) is 3.07. The van der Waals surface area contributed by atoms with Gasteiger partial charge >= 0.3 is 5.97 Å². The minimum Gasteiger partial charge on any atom is -0.464 e. The van der Waals surface area contributed by atoms with Crippen LogP contribution in [0.1, 0.15) is 17.4 Å². The number of thioether (sulfide) groups is 1. The van der Waals surface area contributed by atoms with Crippen LogP contribution in [0.15, 0.2) is 6.33 Å². The van der Waals surface area contributed by atoms with E-state index < -0.39 is 5.97 Å². The highest BCUT2D eigenvalue weighted by molar-refractivity contribution is 7.99. The summed E-state index contributed by atoms with van der Waals surface area (Å²) in [5.74, 6) is -0.134. The number of carbonyl (C=O) groups excluding carboxylic acids is 1. The van der Waals surface area contributed by atoms with Crippen LogP contribution in [0.3, 0.4) is 0 Å². The first kappa shape index (κ1) is 11.9. The summed E-state index contributed by atoms with van der Waals surface area (Å²) in [7, 11) is 1.31. The van der Waals surface area contributed by atoms with Gasteiger partial charge in [0.25, 0.3) is 0 Å². The molecular weight excluding hydrogens is 214 g/mol. The molecule has 0 spiro atoms. The van der Waals surface area contributed by atoms with Crippen LogP contribution < -0.4 is 5.73 Å². The van der Waals surface area contributed by atoms with Crippen molar-refractivity contribution < 1.29 is 9.53 Å². The van der Waals surface area contributed by atoms with Crippen molar-refractivity contribution in [1.82, 2.24) is 9.55 Å². The van der Waals surface area contributed by atoms with Crippen LogP contribution in [-0.4, -0.2) is 34.1 Å². The van der Waals surface area contributed by atoms with Crippen LogP contribution in [0.2, 0.25) is 0 Å². The Morgan fingerprint density at radius 2 is 2.47 bits per heavy atom. The van der Waals surface area contributed by atoms with Crippen LogP contribution in [0.25, 0.3) is 0 Å². The summed E-state index contributed by atoms with van der Waals surface area (Å²) in [4.78, 5) is 15.1. The molecule has 2 N–H and O–H groups in total. The molecule has 15 heavy (non-hydrogen) atoms. The maximum Gasteiger partial charge on any atom is 0.360 e. The number of imidazole rings is 1. The minimum atomic E-state index is -0.497. The predicted molar refractivity (Wildman–Crippen MR) is 61.0 cm³/mol. The van der Waals surface area contributed by atoms with E-state index >= 15 is 0 Å². The summed E-state index contributed by atoms with van der Waals surface area (Å²) in [6.07, 6.45) is 3.59. The first-order chi connectivity index (χ1) is 7.10. The molecular formula is C9H15N3O2S. The fourth-order valence-corrected chi connectivity index (χ4v) is 1.45. The summed E-state index contributed by atoms with van der Waals surface area (Å²) in [5.41, 5.74) is 5.96. The molecule has 1 heterocycles. The molecule has 0 aliphatic heterocycles. The van der Waals surface area contributed by atoms with Crippen LogP contribution in [-0.2, 0) is 11.3 Å². The number of hydrogen-bond acceptors (Lipinski definition) is 5. The maximum atomic E-state index is 11.2. The largest absolute Gasteiger partial charge is 0.464 e. The lowest BCUT2D eigenvalue weighted by Crippen LogP contribution is -2.12. The second-order valence-corrected chi connectivity index (χ2v) is 4.44. The molecule has 84 valence electrons. The Kier molecular flexibility index (Phi) is 4.02. The van der Waals surface area contributed by atoms with Crippen LogP contribution >= 0.6 is 11.8 Å². The van der Waals surface area contributed by atoms with E-state index in [4.69, 9.17) is 5.73 Å². The zero-order valence-corrected chi connectivity index (χ0v) is 9.87. The first-order valence-corrected chi connectivity index (χ1v) is 5.80. The van der Waals surface area contributed by atoms with Crippen LogP contribution in [0.5, 0.6) is 0 Å². The van der Waals surface area contributed by atoms with Crippen molar-refractivity contribution in [3.63, 3.8) is 0 Å². The number of carbonyl (C=O) groups is 1. The highest BCUT2D eigenvalue weighted by Crippen LogP contribution is 2.15. The Morgan fingerprint density at radius 3 is 3.00 bits per heavy atom. The number of nitrogens with zero attached hydrogens (tertiary/aromatic N) is 2. The first-order valence-electron chi connectivity index (χ1n) is 4.51. The SMILES string of the molecule is COC(=O)c1ncn(CC(C)SC)c1N. The molecule has 1 aromatic heterocycles. The quantitative estimate of drug-likeness (QED) is 0.780. The fraction of sp³-hybridized carbons (Fsp3) is 0.556. The van der Waals surface area contributed by atoms with Crippen molar-refractivity contribution in [3.8, 4) is 0 Å². The van der Waals surface area contributed by atoms with Crippen molar-refractivity contribution in [2.24, 2.45) is 0 Å². The van der Waals surface area contributed by atoms with E-state index in [0.717, 1.165) is 6.54 Å². The van der Waals surface area contributed by atoms with E-state index in [-0.39, 0.29) is 5.69 Å². The van der Waals surface area contributed by atoms with Crippen molar-refractivity contribution >= 4 is 23.5 Å². The van der Waals surface area contributed by atoms with Gasteiger partial charge in [-0.1, -0.05) is 6.92 Å². The molecule has 0 bridgehead atoms. The van der Waals surface area contributed by atoms with Gasteiger partial charge in [-0.15, -0.1) is 0 Å². The lowest BCUT2D eigenvalue weighted by Gasteiger charge is -2.10. The normalized spacial score (nSPS) is 12.5. The second-order valence-electron chi connectivity index (χ2n) is 3.17. The molecule has 1 atom stereocenters. The number of hydrogen-bond donors (Lipinski definition) is 1. The Balaban J connectivity index is 2.84. The van der Waals surface area contributed by atoms with Crippen LogP contribution in [0.4, 0.5) is 5.82 Å². The summed E-state index contributed by atoms with van der Waals surface area (Å²) < 4.78 is 6.32. The minimum absolute atomic E-state index is 0.186. The van der Waals surface area contributed by atoms with E-state index in [1.165, 1.54) is 7.11 Å². The molecule has 0 radical (unpaired) electrons. The number of ether oxygens (including phenoxy) is 1. The van der Waals surface area contributed by atoms with E-state index in [1.54, 1.807) is 22.7 Å². The Labute approximate surface area is 93.0 Å². The molecule has 1 aromatic rings. The summed E-state index contributed by atoms with van der Waals surface area (Å²) in [6.45, 7) is 2.82. The molecule has 6 heteroatoms. The summed E-state index contributed by atoms with van der Waals surface area (Å²) in [6, 6.07) is 0. The number of anilines is 1. The average molecular weight is 229 g/mol. The Hall–Kier alpha value is -1.17. The lowest BCUT2D eigenvalue weighted by atomic mass is 10.4. The molecule has 0 aliphatic rings. The van der Waals surface area contributed by atoms with Gasteiger partial charge in [-0.25, -0.2) is 9.78 Å². The number of esters is 1. The number of aromatic nitrogens is 2. The molecule has 0 fully saturated rings. The molecule has 5 nitrogen and oxygen atoms in total. The van der Waals surface area contributed by atoms with E-state index in [2.05, 4.69) is 16.6 Å². The van der Waals surface area contributed by atoms with Gasteiger partial charge in [-0.2, -0.15) is 11.8 Å². The Bertz CT molecular complexity index is 351. The number of nitrogens with two attached hydrogens (primary N) is 1. The van der Waals surface area contributed by atoms with Crippen molar-refractivity contribution in [2.75, 3.05) is 19.1 Å². The van der Waals surface area contributed by atoms with E-state index in [0.29, 0.717) is 11.1 Å². The Morgan fingerprint density at radius 1 is 1.80 bits per heavy atom. The van der Waals surface area contributed by atoms with Crippen molar-refractivity contribution in [1.29, 1.82) is 0 Å². The van der Waals surface area contributed by atoms with Gasteiger partial charge in [0.15, 0.2) is 5.69 Å². The number of methoxy groups -OCH3 is 1. The highest BCUT2D eigenvalue weighted by Gasteiger charge is 2.16. The summed E-state index contributed by atoms with van der Waals surface area (Å²) in [5, 5.41) is 0.423. The highest BCUT2D eigenvalue weighted by atomic mass is 32.2. The van der Waals surface area contributed by atoms with Gasteiger partial charge in [0.2, 0.25) is 0 Å². The summed E-state index contributed by atoms with van der Waals surface area (Å²) >= 11 is 1.73. The molecule has 1 unspecified atom stereocenters. The van der Waals surface area contributed by atoms with Crippen molar-refractivity contribution in [3.05, 3.63) is 12.0 Å². The van der Waals surface area contributed by atoms with E-state index in [1.807, 2.05) is 6.26 Å². The van der Waals surface area contributed by atoms with Gasteiger partial charge in [0.05, 0.1) is 13.4 Å². The molecule has 0 aromatic carbocycles.